The second kappa shape index (κ2) is 6.88. The quantitative estimate of drug-likeness (QED) is 0.863. The molecule has 2 rings (SSSR count). The maximum absolute atomic E-state index is 11.0. The molecule has 0 saturated carbocycles. The highest BCUT2D eigenvalue weighted by molar-refractivity contribution is 5.88. The van der Waals surface area contributed by atoms with Crippen molar-refractivity contribution in [2.45, 2.75) is 33.1 Å². The average molecular weight is 285 g/mol. The van der Waals surface area contributed by atoms with E-state index in [1.54, 1.807) is 6.92 Å². The van der Waals surface area contributed by atoms with Crippen LogP contribution in [0.4, 0.5) is 0 Å². The summed E-state index contributed by atoms with van der Waals surface area (Å²) in [5.41, 5.74) is 2.06. The molecule has 0 atom stereocenters. The first-order valence-electron chi connectivity index (χ1n) is 7.07. The summed E-state index contributed by atoms with van der Waals surface area (Å²) < 4.78 is 5.64. The van der Waals surface area contributed by atoms with Gasteiger partial charge in [-0.2, -0.15) is 0 Å². The zero-order chi connectivity index (χ0) is 15.2. The molecule has 110 valence electrons. The fraction of sp³-hybridized carbons (Fsp3) is 0.294. The van der Waals surface area contributed by atoms with Crippen molar-refractivity contribution >= 4 is 5.97 Å². The summed E-state index contributed by atoms with van der Waals surface area (Å²) in [6.07, 6.45) is 3.40. The van der Waals surface area contributed by atoms with Gasteiger partial charge < -0.3 is 9.84 Å². The number of benzene rings is 1. The molecule has 1 heterocycles. The second-order valence-electron chi connectivity index (χ2n) is 4.99. The lowest BCUT2D eigenvalue weighted by molar-refractivity contribution is 0.0696. The highest BCUT2D eigenvalue weighted by atomic mass is 16.5. The summed E-state index contributed by atoms with van der Waals surface area (Å²) in [5, 5.41) is 9.04. The van der Waals surface area contributed by atoms with Gasteiger partial charge in [-0.15, -0.1) is 0 Å². The number of carboxylic acids is 1. The van der Waals surface area contributed by atoms with Crippen LogP contribution in [0, 0.1) is 6.92 Å². The summed E-state index contributed by atoms with van der Waals surface area (Å²) in [6.45, 7) is 3.91. The molecule has 21 heavy (non-hydrogen) atoms. The third-order valence-electron chi connectivity index (χ3n) is 3.14. The van der Waals surface area contributed by atoms with Crippen LogP contribution in [-0.2, 0) is 6.42 Å². The Kier molecular flexibility index (Phi) is 4.93. The molecule has 4 heteroatoms. The predicted octanol–water partition coefficient (Wildman–Crippen LogP) is 4.22. The van der Waals surface area contributed by atoms with Gasteiger partial charge in [-0.25, -0.2) is 9.78 Å². The number of unbranched alkanes of at least 4 members (excludes halogenated alkanes) is 1. The van der Waals surface area contributed by atoms with Crippen LogP contribution in [0.2, 0.25) is 0 Å². The summed E-state index contributed by atoms with van der Waals surface area (Å²) >= 11 is 0. The number of carboxylic acid groups (broad SMARTS) is 1. The van der Waals surface area contributed by atoms with Crippen LogP contribution in [0.3, 0.4) is 0 Å². The van der Waals surface area contributed by atoms with Gasteiger partial charge in [-0.1, -0.05) is 25.5 Å². The Morgan fingerprint density at radius 3 is 2.57 bits per heavy atom. The van der Waals surface area contributed by atoms with Crippen LogP contribution >= 0.6 is 0 Å². The number of rotatable bonds is 6. The van der Waals surface area contributed by atoms with Gasteiger partial charge in [0.1, 0.15) is 5.75 Å². The summed E-state index contributed by atoms with van der Waals surface area (Å²) in [6, 6.07) is 10.8. The number of aryl methyl sites for hydroxylation is 2. The molecule has 1 aromatic carbocycles. The van der Waals surface area contributed by atoms with Gasteiger partial charge in [-0.3, -0.25) is 0 Å². The largest absolute Gasteiger partial charge is 0.478 e. The lowest BCUT2D eigenvalue weighted by atomic mass is 10.1. The van der Waals surface area contributed by atoms with E-state index >= 15 is 0 Å². The first-order chi connectivity index (χ1) is 10.1. The van der Waals surface area contributed by atoms with E-state index in [2.05, 4.69) is 11.9 Å². The van der Waals surface area contributed by atoms with Crippen molar-refractivity contribution in [2.75, 3.05) is 0 Å². The average Bonchev–Trinajstić information content (AvgIpc) is 2.46. The molecule has 0 bridgehead atoms. The van der Waals surface area contributed by atoms with E-state index in [0.717, 1.165) is 6.42 Å². The number of carbonyl (C=O) groups is 1. The molecule has 0 fully saturated rings. The van der Waals surface area contributed by atoms with Crippen LogP contribution in [-0.4, -0.2) is 16.1 Å². The SMILES string of the molecule is CCCCc1ccc(Oc2cc(C(=O)O)cc(C)n2)cc1. The smallest absolute Gasteiger partial charge is 0.335 e. The molecule has 4 nitrogen and oxygen atoms in total. The zero-order valence-corrected chi connectivity index (χ0v) is 12.3. The molecule has 2 aromatic rings. The molecule has 0 aliphatic carbocycles. The number of hydrogen-bond acceptors (Lipinski definition) is 3. The minimum Gasteiger partial charge on any atom is -0.478 e. The normalized spacial score (nSPS) is 10.4. The first-order valence-corrected chi connectivity index (χ1v) is 7.07. The van der Waals surface area contributed by atoms with Crippen LogP contribution in [0.1, 0.15) is 41.4 Å². The van der Waals surface area contributed by atoms with Gasteiger partial charge in [-0.05, 0) is 43.5 Å². The second-order valence-corrected chi connectivity index (χ2v) is 4.99. The predicted molar refractivity (Wildman–Crippen MR) is 81.1 cm³/mol. The van der Waals surface area contributed by atoms with Crippen LogP contribution in [0.15, 0.2) is 36.4 Å². The Morgan fingerprint density at radius 1 is 1.24 bits per heavy atom. The number of nitrogens with zero attached hydrogens (tertiary/aromatic N) is 1. The van der Waals surface area contributed by atoms with Gasteiger partial charge in [0.2, 0.25) is 5.88 Å². The Bertz CT molecular complexity index is 620. The molecular weight excluding hydrogens is 266 g/mol. The van der Waals surface area contributed by atoms with E-state index in [9.17, 15) is 4.79 Å². The third-order valence-corrected chi connectivity index (χ3v) is 3.14. The third kappa shape index (κ3) is 4.31. The van der Waals surface area contributed by atoms with E-state index < -0.39 is 5.97 Å². The Balaban J connectivity index is 2.12. The molecule has 0 unspecified atom stereocenters. The van der Waals surface area contributed by atoms with E-state index in [-0.39, 0.29) is 5.56 Å². The van der Waals surface area contributed by atoms with Crippen molar-refractivity contribution in [3.05, 3.63) is 53.2 Å². The first kappa shape index (κ1) is 15.0. The topological polar surface area (TPSA) is 59.4 Å². The number of aromatic carboxylic acids is 1. The maximum atomic E-state index is 11.0. The molecule has 0 spiro atoms. The fourth-order valence-electron chi connectivity index (χ4n) is 2.04. The van der Waals surface area contributed by atoms with Crippen molar-refractivity contribution in [2.24, 2.45) is 0 Å². The van der Waals surface area contributed by atoms with Crippen LogP contribution in [0.25, 0.3) is 0 Å². The molecule has 0 aliphatic heterocycles. The van der Waals surface area contributed by atoms with E-state index in [1.807, 2.05) is 24.3 Å². The van der Waals surface area contributed by atoms with Crippen molar-refractivity contribution in [1.29, 1.82) is 0 Å². The molecule has 0 saturated heterocycles. The lowest BCUT2D eigenvalue weighted by Gasteiger charge is -2.07. The fourth-order valence-corrected chi connectivity index (χ4v) is 2.04. The van der Waals surface area contributed by atoms with Gasteiger partial charge in [0, 0.05) is 11.8 Å². The summed E-state index contributed by atoms with van der Waals surface area (Å²) in [7, 11) is 0. The Labute approximate surface area is 124 Å². The van der Waals surface area contributed by atoms with Gasteiger partial charge >= 0.3 is 5.97 Å². The van der Waals surface area contributed by atoms with Crippen molar-refractivity contribution < 1.29 is 14.6 Å². The monoisotopic (exact) mass is 285 g/mol. The molecule has 0 radical (unpaired) electrons. The highest BCUT2D eigenvalue weighted by Gasteiger charge is 2.08. The van der Waals surface area contributed by atoms with Gasteiger partial charge in [0.25, 0.3) is 0 Å². The van der Waals surface area contributed by atoms with Crippen molar-refractivity contribution in [1.82, 2.24) is 4.98 Å². The molecular formula is C17H19NO3. The maximum Gasteiger partial charge on any atom is 0.335 e. The number of aromatic nitrogens is 1. The van der Waals surface area contributed by atoms with Gasteiger partial charge in [0.15, 0.2) is 0 Å². The molecule has 1 aromatic heterocycles. The van der Waals surface area contributed by atoms with Crippen molar-refractivity contribution in [3.8, 4) is 11.6 Å². The van der Waals surface area contributed by atoms with E-state index in [4.69, 9.17) is 9.84 Å². The van der Waals surface area contributed by atoms with E-state index in [0.29, 0.717) is 17.3 Å². The van der Waals surface area contributed by atoms with Crippen molar-refractivity contribution in [3.63, 3.8) is 0 Å². The minimum absolute atomic E-state index is 0.178. The Hall–Kier alpha value is -2.36. The van der Waals surface area contributed by atoms with E-state index in [1.165, 1.54) is 30.5 Å². The minimum atomic E-state index is -0.986. The summed E-state index contributed by atoms with van der Waals surface area (Å²) in [4.78, 5) is 15.2. The molecule has 1 N–H and O–H groups in total. The van der Waals surface area contributed by atoms with Crippen LogP contribution < -0.4 is 4.74 Å². The number of hydrogen-bond donors (Lipinski definition) is 1. The lowest BCUT2D eigenvalue weighted by Crippen LogP contribution is -2.00. The number of ether oxygens (including phenoxy) is 1. The zero-order valence-electron chi connectivity index (χ0n) is 12.3. The molecule has 0 aliphatic rings. The van der Waals surface area contributed by atoms with Crippen LogP contribution in [0.5, 0.6) is 11.6 Å². The summed E-state index contributed by atoms with van der Waals surface area (Å²) in [5.74, 6) is -0.0290. The number of pyridine rings is 1. The van der Waals surface area contributed by atoms with Gasteiger partial charge in [0.05, 0.1) is 5.56 Å². The highest BCUT2D eigenvalue weighted by Crippen LogP contribution is 2.22. The standard InChI is InChI=1S/C17H19NO3/c1-3-4-5-13-6-8-15(9-7-13)21-16-11-14(17(19)20)10-12(2)18-16/h6-11H,3-5H2,1-2H3,(H,19,20). The molecule has 0 amide bonds. The Morgan fingerprint density at radius 2 is 1.95 bits per heavy atom.